The van der Waals surface area contributed by atoms with Gasteiger partial charge in [0, 0.05) is 18.2 Å². The number of hydrogen-bond acceptors (Lipinski definition) is 4. The van der Waals surface area contributed by atoms with Gasteiger partial charge in [0.2, 0.25) is 10.0 Å². The standard InChI is InChI=1S/C13H21N3O3S/c1-9-5-6-11(7-12(9)16-20(4,18)19)13(17)15-8-10(2)14-3/h5-7,10,14,16H,8H2,1-4H3,(H,15,17). The molecule has 0 saturated carbocycles. The van der Waals surface area contributed by atoms with Crippen molar-refractivity contribution in [1.82, 2.24) is 10.6 Å². The Morgan fingerprint density at radius 2 is 2.00 bits per heavy atom. The predicted molar refractivity (Wildman–Crippen MR) is 80.5 cm³/mol. The first-order valence-electron chi connectivity index (χ1n) is 6.27. The Balaban J connectivity index is 2.86. The molecule has 1 atom stereocenters. The molecule has 0 aliphatic carbocycles. The van der Waals surface area contributed by atoms with E-state index in [4.69, 9.17) is 0 Å². The molecule has 0 saturated heterocycles. The number of hydrogen-bond donors (Lipinski definition) is 3. The monoisotopic (exact) mass is 299 g/mol. The van der Waals surface area contributed by atoms with Crippen LogP contribution in [0.25, 0.3) is 0 Å². The summed E-state index contributed by atoms with van der Waals surface area (Å²) in [6.07, 6.45) is 1.08. The number of sulfonamides is 1. The number of nitrogens with one attached hydrogen (secondary N) is 3. The van der Waals surface area contributed by atoms with Crippen LogP contribution in [-0.4, -0.2) is 40.2 Å². The molecule has 20 heavy (non-hydrogen) atoms. The number of benzene rings is 1. The van der Waals surface area contributed by atoms with E-state index in [1.165, 1.54) is 6.07 Å². The second-order valence-electron chi connectivity index (χ2n) is 4.80. The molecule has 6 nitrogen and oxygen atoms in total. The molecule has 3 N–H and O–H groups in total. The second kappa shape index (κ2) is 6.71. The Morgan fingerprint density at radius 3 is 2.55 bits per heavy atom. The smallest absolute Gasteiger partial charge is 0.251 e. The summed E-state index contributed by atoms with van der Waals surface area (Å²) < 4.78 is 24.9. The van der Waals surface area contributed by atoms with Crippen LogP contribution in [0.2, 0.25) is 0 Å². The van der Waals surface area contributed by atoms with E-state index in [1.54, 1.807) is 19.1 Å². The van der Waals surface area contributed by atoms with Crippen molar-refractivity contribution in [2.24, 2.45) is 0 Å². The van der Waals surface area contributed by atoms with Gasteiger partial charge in [-0.15, -0.1) is 0 Å². The first kappa shape index (κ1) is 16.5. The molecular weight excluding hydrogens is 278 g/mol. The molecule has 0 spiro atoms. The highest BCUT2D eigenvalue weighted by Crippen LogP contribution is 2.18. The van der Waals surface area contributed by atoms with E-state index in [9.17, 15) is 13.2 Å². The van der Waals surface area contributed by atoms with E-state index in [2.05, 4.69) is 15.4 Å². The van der Waals surface area contributed by atoms with Crippen molar-refractivity contribution >= 4 is 21.6 Å². The predicted octanol–water partition coefficient (Wildman–Crippen LogP) is 0.704. The number of rotatable bonds is 6. The lowest BCUT2D eigenvalue weighted by Crippen LogP contribution is -2.37. The van der Waals surface area contributed by atoms with Gasteiger partial charge >= 0.3 is 0 Å². The van der Waals surface area contributed by atoms with Gasteiger partial charge in [0.25, 0.3) is 5.91 Å². The van der Waals surface area contributed by atoms with Gasteiger partial charge in [-0.2, -0.15) is 0 Å². The van der Waals surface area contributed by atoms with Crippen molar-refractivity contribution in [2.75, 3.05) is 24.6 Å². The first-order chi connectivity index (χ1) is 9.23. The minimum Gasteiger partial charge on any atom is -0.350 e. The van der Waals surface area contributed by atoms with Gasteiger partial charge in [-0.05, 0) is 38.6 Å². The Morgan fingerprint density at radius 1 is 1.35 bits per heavy atom. The third-order valence-electron chi connectivity index (χ3n) is 2.86. The van der Waals surface area contributed by atoms with Crippen LogP contribution in [0.15, 0.2) is 18.2 Å². The third kappa shape index (κ3) is 5.18. The van der Waals surface area contributed by atoms with E-state index in [0.29, 0.717) is 17.8 Å². The number of aryl methyl sites for hydroxylation is 1. The zero-order valence-electron chi connectivity index (χ0n) is 12.1. The number of anilines is 1. The number of carbonyl (C=O) groups is 1. The second-order valence-corrected chi connectivity index (χ2v) is 6.55. The minimum absolute atomic E-state index is 0.165. The SMILES string of the molecule is CNC(C)CNC(=O)c1ccc(C)c(NS(C)(=O)=O)c1. The lowest BCUT2D eigenvalue weighted by molar-refractivity contribution is 0.0950. The van der Waals surface area contributed by atoms with Crippen LogP contribution in [0, 0.1) is 6.92 Å². The van der Waals surface area contributed by atoms with E-state index in [1.807, 2.05) is 14.0 Å². The summed E-state index contributed by atoms with van der Waals surface area (Å²) >= 11 is 0. The van der Waals surface area contributed by atoms with Crippen LogP contribution < -0.4 is 15.4 Å². The van der Waals surface area contributed by atoms with Crippen molar-refractivity contribution in [3.05, 3.63) is 29.3 Å². The summed E-state index contributed by atoms with van der Waals surface area (Å²) in [6.45, 7) is 4.22. The van der Waals surface area contributed by atoms with Crippen LogP contribution >= 0.6 is 0 Å². The molecule has 0 radical (unpaired) electrons. The number of likely N-dealkylation sites (N-methyl/N-ethyl adjacent to an activating group) is 1. The van der Waals surface area contributed by atoms with Gasteiger partial charge in [-0.1, -0.05) is 6.07 Å². The van der Waals surface area contributed by atoms with Crippen molar-refractivity contribution < 1.29 is 13.2 Å². The Hall–Kier alpha value is -1.60. The van der Waals surface area contributed by atoms with Gasteiger partial charge in [-0.25, -0.2) is 8.42 Å². The van der Waals surface area contributed by atoms with E-state index in [0.717, 1.165) is 11.8 Å². The van der Waals surface area contributed by atoms with Gasteiger partial charge in [0.05, 0.1) is 11.9 Å². The molecule has 0 fully saturated rings. The maximum Gasteiger partial charge on any atom is 0.251 e. The summed E-state index contributed by atoms with van der Waals surface area (Å²) in [5.41, 5.74) is 1.60. The average molecular weight is 299 g/mol. The largest absolute Gasteiger partial charge is 0.350 e. The summed E-state index contributed by atoms with van der Waals surface area (Å²) in [6, 6.07) is 5.08. The molecule has 112 valence electrons. The van der Waals surface area contributed by atoms with Crippen molar-refractivity contribution in [2.45, 2.75) is 19.9 Å². The summed E-state index contributed by atoms with van der Waals surface area (Å²) in [4.78, 5) is 12.0. The van der Waals surface area contributed by atoms with Gasteiger partial charge in [-0.3, -0.25) is 9.52 Å². The summed E-state index contributed by atoms with van der Waals surface area (Å²) in [5.74, 6) is -0.233. The quantitative estimate of drug-likeness (QED) is 0.722. The summed E-state index contributed by atoms with van der Waals surface area (Å²) in [5, 5.41) is 5.80. The third-order valence-corrected chi connectivity index (χ3v) is 3.45. The minimum atomic E-state index is -3.36. The summed E-state index contributed by atoms with van der Waals surface area (Å²) in [7, 11) is -1.55. The zero-order valence-corrected chi connectivity index (χ0v) is 13.0. The van der Waals surface area contributed by atoms with E-state index in [-0.39, 0.29) is 11.9 Å². The van der Waals surface area contributed by atoms with Gasteiger partial charge in [0.15, 0.2) is 0 Å². The van der Waals surface area contributed by atoms with Crippen LogP contribution in [0.5, 0.6) is 0 Å². The van der Waals surface area contributed by atoms with Crippen LogP contribution in [0.1, 0.15) is 22.8 Å². The molecular formula is C13H21N3O3S. The fourth-order valence-corrected chi connectivity index (χ4v) is 2.14. The van der Waals surface area contributed by atoms with Crippen molar-refractivity contribution in [3.63, 3.8) is 0 Å². The molecule has 0 bridgehead atoms. The highest BCUT2D eigenvalue weighted by atomic mass is 32.2. The first-order valence-corrected chi connectivity index (χ1v) is 8.16. The van der Waals surface area contributed by atoms with Crippen LogP contribution in [-0.2, 0) is 10.0 Å². The Labute approximate surface area is 120 Å². The van der Waals surface area contributed by atoms with Gasteiger partial charge < -0.3 is 10.6 Å². The fraction of sp³-hybridized carbons (Fsp3) is 0.462. The van der Waals surface area contributed by atoms with E-state index >= 15 is 0 Å². The molecule has 0 aliphatic heterocycles. The molecule has 1 aromatic rings. The lowest BCUT2D eigenvalue weighted by atomic mass is 10.1. The van der Waals surface area contributed by atoms with E-state index < -0.39 is 10.0 Å². The highest BCUT2D eigenvalue weighted by molar-refractivity contribution is 7.92. The molecule has 1 amide bonds. The number of amides is 1. The average Bonchev–Trinajstić information content (AvgIpc) is 2.36. The molecule has 1 aromatic carbocycles. The van der Waals surface area contributed by atoms with Crippen molar-refractivity contribution in [1.29, 1.82) is 0 Å². The molecule has 0 aliphatic rings. The highest BCUT2D eigenvalue weighted by Gasteiger charge is 2.11. The Kier molecular flexibility index (Phi) is 5.52. The van der Waals surface area contributed by atoms with Crippen molar-refractivity contribution in [3.8, 4) is 0 Å². The number of carbonyl (C=O) groups excluding carboxylic acids is 1. The normalized spacial score (nSPS) is 12.8. The maximum atomic E-state index is 12.0. The lowest BCUT2D eigenvalue weighted by Gasteiger charge is -2.13. The zero-order chi connectivity index (χ0) is 15.3. The molecule has 7 heteroatoms. The topological polar surface area (TPSA) is 87.3 Å². The molecule has 1 unspecified atom stereocenters. The van der Waals surface area contributed by atoms with Gasteiger partial charge in [0.1, 0.15) is 0 Å². The van der Waals surface area contributed by atoms with Crippen LogP contribution in [0.3, 0.4) is 0 Å². The maximum absolute atomic E-state index is 12.0. The van der Waals surface area contributed by atoms with Crippen LogP contribution in [0.4, 0.5) is 5.69 Å². The molecule has 1 rings (SSSR count). The molecule has 0 heterocycles. The fourth-order valence-electron chi connectivity index (χ4n) is 1.52. The molecule has 0 aromatic heterocycles. The Bertz CT molecular complexity index is 585.